The summed E-state index contributed by atoms with van der Waals surface area (Å²) in [5.74, 6) is -0.270. The average Bonchev–Trinajstić information content (AvgIpc) is 2.41. The summed E-state index contributed by atoms with van der Waals surface area (Å²) in [7, 11) is 0. The molecule has 0 aromatic heterocycles. The Morgan fingerprint density at radius 3 is 2.43 bits per heavy atom. The van der Waals surface area contributed by atoms with Crippen LogP contribution in [0.1, 0.15) is 22.8 Å². The number of anilines is 2. The standard InChI is InChI=1S/C16H15IN2O2/c1-10-8-14(6-7-15(10)18-11(2)20)19-16(21)12-4-3-5-13(17)9-12/h3-9H,1-2H3,(H,18,20)(H,19,21). The Morgan fingerprint density at radius 2 is 1.81 bits per heavy atom. The van der Waals surface area contributed by atoms with Crippen molar-refractivity contribution in [1.29, 1.82) is 0 Å². The van der Waals surface area contributed by atoms with Gasteiger partial charge in [0.25, 0.3) is 5.91 Å². The number of carbonyl (C=O) groups is 2. The third kappa shape index (κ3) is 4.29. The summed E-state index contributed by atoms with van der Waals surface area (Å²) < 4.78 is 1.01. The van der Waals surface area contributed by atoms with Crippen LogP contribution in [-0.2, 0) is 4.79 Å². The molecule has 0 saturated heterocycles. The number of benzene rings is 2. The van der Waals surface area contributed by atoms with E-state index in [9.17, 15) is 9.59 Å². The maximum absolute atomic E-state index is 12.2. The van der Waals surface area contributed by atoms with Crippen LogP contribution in [-0.4, -0.2) is 11.8 Å². The number of halogens is 1. The molecule has 0 radical (unpaired) electrons. The Hall–Kier alpha value is -1.89. The molecule has 108 valence electrons. The van der Waals surface area contributed by atoms with Crippen molar-refractivity contribution >= 4 is 45.8 Å². The molecule has 0 bridgehead atoms. The molecule has 2 N–H and O–H groups in total. The second-order valence-corrected chi connectivity index (χ2v) is 5.92. The Balaban J connectivity index is 2.15. The minimum atomic E-state index is -0.153. The molecule has 2 amide bonds. The summed E-state index contributed by atoms with van der Waals surface area (Å²) in [5, 5.41) is 5.59. The van der Waals surface area contributed by atoms with E-state index in [1.165, 1.54) is 6.92 Å². The fraction of sp³-hybridized carbons (Fsp3) is 0.125. The largest absolute Gasteiger partial charge is 0.326 e. The van der Waals surface area contributed by atoms with E-state index in [1.54, 1.807) is 18.2 Å². The molecular formula is C16H15IN2O2. The van der Waals surface area contributed by atoms with E-state index in [1.807, 2.05) is 31.2 Å². The zero-order chi connectivity index (χ0) is 15.4. The first-order valence-electron chi connectivity index (χ1n) is 6.41. The highest BCUT2D eigenvalue weighted by Crippen LogP contribution is 2.20. The van der Waals surface area contributed by atoms with Crippen molar-refractivity contribution in [3.8, 4) is 0 Å². The Labute approximate surface area is 137 Å². The highest BCUT2D eigenvalue weighted by atomic mass is 127. The van der Waals surface area contributed by atoms with E-state index in [2.05, 4.69) is 33.2 Å². The number of nitrogens with one attached hydrogen (secondary N) is 2. The first-order chi connectivity index (χ1) is 9.95. The minimum absolute atomic E-state index is 0.117. The highest BCUT2D eigenvalue weighted by Gasteiger charge is 2.08. The highest BCUT2D eigenvalue weighted by molar-refractivity contribution is 14.1. The number of amides is 2. The Kier molecular flexibility index (Phi) is 4.95. The van der Waals surface area contributed by atoms with Gasteiger partial charge in [-0.15, -0.1) is 0 Å². The molecule has 21 heavy (non-hydrogen) atoms. The molecule has 0 saturated carbocycles. The van der Waals surface area contributed by atoms with Crippen LogP contribution in [0.5, 0.6) is 0 Å². The van der Waals surface area contributed by atoms with Crippen LogP contribution in [0.2, 0.25) is 0 Å². The first-order valence-corrected chi connectivity index (χ1v) is 7.49. The molecule has 2 aromatic rings. The van der Waals surface area contributed by atoms with E-state index in [-0.39, 0.29) is 11.8 Å². The molecule has 0 atom stereocenters. The average molecular weight is 394 g/mol. The summed E-state index contributed by atoms with van der Waals surface area (Å²) in [4.78, 5) is 23.2. The van der Waals surface area contributed by atoms with Crippen molar-refractivity contribution in [2.24, 2.45) is 0 Å². The van der Waals surface area contributed by atoms with Crippen LogP contribution in [0.25, 0.3) is 0 Å². The normalized spacial score (nSPS) is 10.0. The molecule has 0 aliphatic rings. The van der Waals surface area contributed by atoms with Gasteiger partial charge < -0.3 is 10.6 Å². The lowest BCUT2D eigenvalue weighted by atomic mass is 10.1. The van der Waals surface area contributed by atoms with Crippen LogP contribution in [0.15, 0.2) is 42.5 Å². The molecule has 2 aromatic carbocycles. The number of hydrogen-bond acceptors (Lipinski definition) is 2. The molecule has 0 heterocycles. The van der Waals surface area contributed by atoms with Crippen molar-refractivity contribution in [2.75, 3.05) is 10.6 Å². The van der Waals surface area contributed by atoms with Gasteiger partial charge in [-0.25, -0.2) is 0 Å². The molecule has 0 aliphatic heterocycles. The van der Waals surface area contributed by atoms with Gasteiger partial charge in [0.05, 0.1) is 0 Å². The van der Waals surface area contributed by atoms with Gasteiger partial charge in [0.1, 0.15) is 0 Å². The first kappa shape index (κ1) is 15.5. The van der Waals surface area contributed by atoms with Crippen LogP contribution in [0.3, 0.4) is 0 Å². The van der Waals surface area contributed by atoms with Crippen LogP contribution in [0, 0.1) is 10.5 Å². The van der Waals surface area contributed by atoms with Crippen LogP contribution in [0.4, 0.5) is 11.4 Å². The van der Waals surface area contributed by atoms with Gasteiger partial charge in [-0.2, -0.15) is 0 Å². The van der Waals surface area contributed by atoms with Crippen molar-refractivity contribution in [1.82, 2.24) is 0 Å². The number of rotatable bonds is 3. The SMILES string of the molecule is CC(=O)Nc1ccc(NC(=O)c2cccc(I)c2)cc1C. The van der Waals surface area contributed by atoms with E-state index < -0.39 is 0 Å². The van der Waals surface area contributed by atoms with Gasteiger partial charge in [-0.3, -0.25) is 9.59 Å². The number of carbonyl (C=O) groups excluding carboxylic acids is 2. The summed E-state index contributed by atoms with van der Waals surface area (Å²) in [6.45, 7) is 3.35. The van der Waals surface area contributed by atoms with Gasteiger partial charge in [0.2, 0.25) is 5.91 Å². The van der Waals surface area contributed by atoms with Crippen molar-refractivity contribution < 1.29 is 9.59 Å². The Bertz CT molecular complexity index is 698. The molecule has 2 rings (SSSR count). The summed E-state index contributed by atoms with van der Waals surface area (Å²) >= 11 is 2.17. The van der Waals surface area contributed by atoms with Gasteiger partial charge in [-0.1, -0.05) is 6.07 Å². The lowest BCUT2D eigenvalue weighted by Gasteiger charge is -2.10. The second-order valence-electron chi connectivity index (χ2n) is 4.68. The van der Waals surface area contributed by atoms with E-state index >= 15 is 0 Å². The lowest BCUT2D eigenvalue weighted by molar-refractivity contribution is -0.114. The van der Waals surface area contributed by atoms with E-state index in [4.69, 9.17) is 0 Å². The third-order valence-electron chi connectivity index (χ3n) is 2.88. The molecule has 0 spiro atoms. The molecule has 4 nitrogen and oxygen atoms in total. The number of hydrogen-bond donors (Lipinski definition) is 2. The lowest BCUT2D eigenvalue weighted by Crippen LogP contribution is -2.12. The van der Waals surface area contributed by atoms with Crippen molar-refractivity contribution in [2.45, 2.75) is 13.8 Å². The zero-order valence-corrected chi connectivity index (χ0v) is 13.9. The monoisotopic (exact) mass is 394 g/mol. The predicted molar refractivity (Wildman–Crippen MR) is 92.6 cm³/mol. The fourth-order valence-corrected chi connectivity index (χ4v) is 2.45. The smallest absolute Gasteiger partial charge is 0.255 e. The number of aryl methyl sites for hydroxylation is 1. The third-order valence-corrected chi connectivity index (χ3v) is 3.55. The predicted octanol–water partition coefficient (Wildman–Crippen LogP) is 3.81. The molecule has 0 aliphatic carbocycles. The van der Waals surface area contributed by atoms with E-state index in [0.29, 0.717) is 11.3 Å². The maximum Gasteiger partial charge on any atom is 0.255 e. The summed E-state index contributed by atoms with van der Waals surface area (Å²) in [5.41, 5.74) is 2.95. The Morgan fingerprint density at radius 1 is 1.05 bits per heavy atom. The molecular weight excluding hydrogens is 379 g/mol. The minimum Gasteiger partial charge on any atom is -0.326 e. The van der Waals surface area contributed by atoms with E-state index in [0.717, 1.165) is 14.8 Å². The van der Waals surface area contributed by atoms with Gasteiger partial charge >= 0.3 is 0 Å². The zero-order valence-electron chi connectivity index (χ0n) is 11.7. The van der Waals surface area contributed by atoms with Gasteiger partial charge in [0.15, 0.2) is 0 Å². The van der Waals surface area contributed by atoms with Gasteiger partial charge in [-0.05, 0) is 71.5 Å². The second kappa shape index (κ2) is 6.71. The quantitative estimate of drug-likeness (QED) is 0.778. The van der Waals surface area contributed by atoms with Crippen molar-refractivity contribution in [3.63, 3.8) is 0 Å². The maximum atomic E-state index is 12.2. The van der Waals surface area contributed by atoms with Crippen LogP contribution < -0.4 is 10.6 Å². The van der Waals surface area contributed by atoms with Crippen LogP contribution >= 0.6 is 22.6 Å². The molecule has 0 fully saturated rings. The summed E-state index contributed by atoms with van der Waals surface area (Å²) in [6.07, 6.45) is 0. The fourth-order valence-electron chi connectivity index (χ4n) is 1.90. The molecule has 5 heteroatoms. The topological polar surface area (TPSA) is 58.2 Å². The van der Waals surface area contributed by atoms with Crippen molar-refractivity contribution in [3.05, 3.63) is 57.2 Å². The molecule has 0 unspecified atom stereocenters. The van der Waals surface area contributed by atoms with Gasteiger partial charge in [0, 0.05) is 27.4 Å². The summed E-state index contributed by atoms with van der Waals surface area (Å²) in [6, 6.07) is 12.8.